The number of hydrogen-bond acceptors (Lipinski definition) is 4. The van der Waals surface area contributed by atoms with E-state index in [1.165, 1.54) is 0 Å². The Bertz CT molecular complexity index is 982. The van der Waals surface area contributed by atoms with Crippen molar-refractivity contribution in [3.05, 3.63) is 71.9 Å². The van der Waals surface area contributed by atoms with E-state index in [1.807, 2.05) is 75.5 Å². The number of fused-ring (bicyclic) bond motifs is 1. The van der Waals surface area contributed by atoms with Gasteiger partial charge >= 0.3 is 0 Å². The molecule has 0 spiro atoms. The Hall–Kier alpha value is -3.12. The number of rotatable bonds is 8. The fraction of sp³-hybridized carbons (Fsp3) is 0.333. The van der Waals surface area contributed by atoms with Gasteiger partial charge in [-0.25, -0.2) is 4.99 Å². The summed E-state index contributed by atoms with van der Waals surface area (Å²) in [7, 11) is 0. The largest absolute Gasteiger partial charge is 0.491 e. The molecular weight excluding hydrogens is 376 g/mol. The van der Waals surface area contributed by atoms with Gasteiger partial charge in [-0.1, -0.05) is 30.3 Å². The number of pyridine rings is 1. The van der Waals surface area contributed by atoms with Crippen molar-refractivity contribution in [3.8, 4) is 5.75 Å². The Labute approximate surface area is 178 Å². The molecule has 1 heterocycles. The van der Waals surface area contributed by atoms with Gasteiger partial charge in [-0.3, -0.25) is 4.98 Å². The van der Waals surface area contributed by atoms with Gasteiger partial charge in [-0.15, -0.1) is 0 Å². The fourth-order valence-electron chi connectivity index (χ4n) is 3.18. The highest BCUT2D eigenvalue weighted by Gasteiger charge is 2.10. The third-order valence-electron chi connectivity index (χ3n) is 4.57. The van der Waals surface area contributed by atoms with E-state index in [0.29, 0.717) is 19.0 Å². The first kappa shape index (κ1) is 21.6. The molecule has 158 valence electrons. The van der Waals surface area contributed by atoms with Gasteiger partial charge in [0, 0.05) is 24.7 Å². The fourth-order valence-corrected chi connectivity index (χ4v) is 3.18. The van der Waals surface area contributed by atoms with E-state index < -0.39 is 6.10 Å². The monoisotopic (exact) mass is 406 g/mol. The molecule has 3 N–H and O–H groups in total. The Morgan fingerprint density at radius 2 is 1.93 bits per heavy atom. The van der Waals surface area contributed by atoms with E-state index in [4.69, 9.17) is 4.74 Å². The molecule has 6 nitrogen and oxygen atoms in total. The summed E-state index contributed by atoms with van der Waals surface area (Å²) in [6, 6.07) is 17.6. The van der Waals surface area contributed by atoms with Gasteiger partial charge in [0.1, 0.15) is 5.75 Å². The number of aliphatic hydroxyl groups excluding tert-OH is 1. The zero-order valence-electron chi connectivity index (χ0n) is 17.8. The lowest BCUT2D eigenvalue weighted by Crippen LogP contribution is -2.39. The molecule has 0 radical (unpaired) electrons. The van der Waals surface area contributed by atoms with Gasteiger partial charge in [-0.05, 0) is 56.2 Å². The predicted molar refractivity (Wildman–Crippen MR) is 122 cm³/mol. The third-order valence-corrected chi connectivity index (χ3v) is 4.57. The van der Waals surface area contributed by atoms with Gasteiger partial charge in [-0.2, -0.15) is 0 Å². The predicted octanol–water partition coefficient (Wildman–Crippen LogP) is 3.81. The number of aromatic nitrogens is 1. The molecule has 0 saturated heterocycles. The van der Waals surface area contributed by atoms with E-state index in [9.17, 15) is 5.11 Å². The summed E-state index contributed by atoms with van der Waals surface area (Å²) in [5.74, 6) is 1.42. The molecule has 30 heavy (non-hydrogen) atoms. The van der Waals surface area contributed by atoms with Crippen LogP contribution in [0.1, 0.15) is 38.0 Å². The van der Waals surface area contributed by atoms with Crippen LogP contribution in [0.5, 0.6) is 5.75 Å². The van der Waals surface area contributed by atoms with Crippen LogP contribution in [0, 0.1) is 0 Å². The number of hydrogen-bond donors (Lipinski definition) is 3. The van der Waals surface area contributed by atoms with Crippen molar-refractivity contribution in [3.63, 3.8) is 0 Å². The molecule has 0 aliphatic carbocycles. The highest BCUT2D eigenvalue weighted by atomic mass is 16.5. The minimum atomic E-state index is -0.675. The van der Waals surface area contributed by atoms with Crippen molar-refractivity contribution in [1.82, 2.24) is 15.6 Å². The van der Waals surface area contributed by atoms with Crippen LogP contribution < -0.4 is 15.4 Å². The molecule has 3 aromatic rings. The highest BCUT2D eigenvalue weighted by Crippen LogP contribution is 2.20. The minimum Gasteiger partial charge on any atom is -0.491 e. The van der Waals surface area contributed by atoms with Crippen LogP contribution in [0.15, 0.2) is 65.8 Å². The smallest absolute Gasteiger partial charge is 0.191 e. The van der Waals surface area contributed by atoms with Crippen molar-refractivity contribution in [1.29, 1.82) is 0 Å². The highest BCUT2D eigenvalue weighted by molar-refractivity contribution is 5.83. The number of aliphatic hydroxyl groups is 1. The quantitative estimate of drug-likeness (QED) is 0.392. The first-order valence-electron chi connectivity index (χ1n) is 10.4. The van der Waals surface area contributed by atoms with Crippen LogP contribution >= 0.6 is 0 Å². The molecule has 6 heteroatoms. The van der Waals surface area contributed by atoms with Crippen molar-refractivity contribution < 1.29 is 9.84 Å². The molecule has 1 unspecified atom stereocenters. The zero-order valence-corrected chi connectivity index (χ0v) is 17.8. The lowest BCUT2D eigenvalue weighted by atomic mass is 10.1. The average Bonchev–Trinajstić information content (AvgIpc) is 2.75. The van der Waals surface area contributed by atoms with Crippen LogP contribution in [0.2, 0.25) is 0 Å². The molecule has 0 aliphatic rings. The van der Waals surface area contributed by atoms with E-state index in [2.05, 4.69) is 26.7 Å². The number of benzene rings is 2. The van der Waals surface area contributed by atoms with Crippen LogP contribution in [-0.2, 0) is 6.54 Å². The van der Waals surface area contributed by atoms with Crippen LogP contribution in [0.3, 0.4) is 0 Å². The first-order chi connectivity index (χ1) is 14.6. The lowest BCUT2D eigenvalue weighted by molar-refractivity contribution is 0.179. The third kappa shape index (κ3) is 5.94. The molecular formula is C24H30N4O2. The summed E-state index contributed by atoms with van der Waals surface area (Å²) >= 11 is 0. The van der Waals surface area contributed by atoms with Gasteiger partial charge in [0.25, 0.3) is 0 Å². The molecule has 0 fully saturated rings. The maximum atomic E-state index is 10.6. The van der Waals surface area contributed by atoms with Gasteiger partial charge in [0.2, 0.25) is 0 Å². The maximum Gasteiger partial charge on any atom is 0.191 e. The molecule has 0 amide bonds. The van der Waals surface area contributed by atoms with Crippen molar-refractivity contribution in [2.24, 2.45) is 4.99 Å². The van der Waals surface area contributed by atoms with Crippen molar-refractivity contribution in [2.75, 3.05) is 13.1 Å². The summed E-state index contributed by atoms with van der Waals surface area (Å²) in [5, 5.41) is 18.2. The molecule has 3 rings (SSSR count). The molecule has 1 aromatic heterocycles. The number of nitrogens with zero attached hydrogens (tertiary/aromatic N) is 2. The number of aliphatic imine (C=N–C) groups is 1. The first-order valence-corrected chi connectivity index (χ1v) is 10.4. The number of nitrogens with one attached hydrogen (secondary N) is 2. The minimum absolute atomic E-state index is 0.0901. The Balaban J connectivity index is 1.66. The van der Waals surface area contributed by atoms with Crippen LogP contribution in [0.25, 0.3) is 10.9 Å². The second-order valence-corrected chi connectivity index (χ2v) is 7.32. The van der Waals surface area contributed by atoms with Crippen LogP contribution in [-0.4, -0.2) is 35.2 Å². The SMILES string of the molecule is CCNC(=NCc1ccnc2ccccc12)NCC(O)c1cccc(OC(C)C)c1. The Kier molecular flexibility index (Phi) is 7.63. The van der Waals surface area contributed by atoms with Crippen molar-refractivity contribution in [2.45, 2.75) is 39.5 Å². The number of ether oxygens (including phenoxy) is 1. The lowest BCUT2D eigenvalue weighted by Gasteiger charge is -2.17. The second-order valence-electron chi connectivity index (χ2n) is 7.32. The summed E-state index contributed by atoms with van der Waals surface area (Å²) in [6.07, 6.45) is 1.22. The van der Waals surface area contributed by atoms with Crippen molar-refractivity contribution >= 4 is 16.9 Å². The molecule has 1 atom stereocenters. The van der Waals surface area contributed by atoms with E-state index >= 15 is 0 Å². The average molecular weight is 407 g/mol. The maximum absolute atomic E-state index is 10.6. The van der Waals surface area contributed by atoms with Gasteiger partial charge in [0.05, 0.1) is 24.3 Å². The van der Waals surface area contributed by atoms with E-state index in [0.717, 1.165) is 34.3 Å². The summed E-state index contributed by atoms with van der Waals surface area (Å²) in [5.41, 5.74) is 2.87. The summed E-state index contributed by atoms with van der Waals surface area (Å²) in [6.45, 7) is 7.57. The number of guanidine groups is 1. The topological polar surface area (TPSA) is 78.8 Å². The molecule has 2 aromatic carbocycles. The van der Waals surface area contributed by atoms with Gasteiger partial charge in [0.15, 0.2) is 5.96 Å². The van der Waals surface area contributed by atoms with E-state index in [-0.39, 0.29) is 6.10 Å². The second kappa shape index (κ2) is 10.6. The van der Waals surface area contributed by atoms with Gasteiger partial charge < -0.3 is 20.5 Å². The normalized spacial score (nSPS) is 12.8. The molecule has 0 bridgehead atoms. The number of para-hydroxylation sites is 1. The Morgan fingerprint density at radius 1 is 1.10 bits per heavy atom. The standard InChI is InChI=1S/C24H30N4O2/c1-4-25-24(27-15-19-12-13-26-22-11-6-5-10-21(19)22)28-16-23(29)18-8-7-9-20(14-18)30-17(2)3/h5-14,17,23,29H,4,15-16H2,1-3H3,(H2,25,27,28). The Morgan fingerprint density at radius 3 is 2.73 bits per heavy atom. The van der Waals surface area contributed by atoms with Crippen LogP contribution in [0.4, 0.5) is 0 Å². The van der Waals surface area contributed by atoms with E-state index in [1.54, 1.807) is 0 Å². The zero-order chi connectivity index (χ0) is 21.3. The molecule has 0 saturated carbocycles. The molecule has 0 aliphatic heterocycles. The summed E-state index contributed by atoms with van der Waals surface area (Å²) in [4.78, 5) is 9.09. The summed E-state index contributed by atoms with van der Waals surface area (Å²) < 4.78 is 5.72.